The summed E-state index contributed by atoms with van der Waals surface area (Å²) in [7, 11) is 0. The minimum absolute atomic E-state index is 0.0975. The average Bonchev–Trinajstić information content (AvgIpc) is 3.70. The zero-order valence-corrected chi connectivity index (χ0v) is 30.6. The predicted octanol–water partition coefficient (Wildman–Crippen LogP) is 14.8. The van der Waals surface area contributed by atoms with E-state index in [2.05, 4.69) is 207 Å². The van der Waals surface area contributed by atoms with E-state index < -0.39 is 0 Å². The van der Waals surface area contributed by atoms with E-state index in [9.17, 15) is 0 Å². The van der Waals surface area contributed by atoms with Crippen molar-refractivity contribution < 1.29 is 0 Å². The first-order valence-electron chi connectivity index (χ1n) is 18.3. The summed E-state index contributed by atoms with van der Waals surface area (Å²) >= 11 is 1.86. The molecular formula is C51H37NS. The Kier molecular flexibility index (Phi) is 7.42. The van der Waals surface area contributed by atoms with Gasteiger partial charge in [0.05, 0.1) is 5.69 Å². The Bertz CT molecular complexity index is 2790. The van der Waals surface area contributed by atoms with Crippen LogP contribution >= 0.6 is 11.3 Å². The quantitative estimate of drug-likeness (QED) is 0.167. The van der Waals surface area contributed by atoms with Gasteiger partial charge in [-0.25, -0.2) is 0 Å². The van der Waals surface area contributed by atoms with Gasteiger partial charge in [0.25, 0.3) is 0 Å². The maximum atomic E-state index is 2.44. The van der Waals surface area contributed by atoms with Crippen molar-refractivity contribution in [2.24, 2.45) is 0 Å². The summed E-state index contributed by atoms with van der Waals surface area (Å²) < 4.78 is 2.60. The first-order valence-corrected chi connectivity index (χ1v) is 19.2. The normalized spacial score (nSPS) is 12.9. The highest BCUT2D eigenvalue weighted by atomic mass is 32.1. The van der Waals surface area contributed by atoms with Crippen molar-refractivity contribution in [1.29, 1.82) is 0 Å². The van der Waals surface area contributed by atoms with Crippen molar-refractivity contribution in [2.75, 3.05) is 4.90 Å². The molecule has 0 fully saturated rings. The molecule has 0 unspecified atom stereocenters. The molecule has 8 aromatic carbocycles. The third-order valence-electron chi connectivity index (χ3n) is 11.1. The average molecular weight is 696 g/mol. The van der Waals surface area contributed by atoms with Crippen molar-refractivity contribution in [3.8, 4) is 44.5 Å². The number of hydrogen-bond acceptors (Lipinski definition) is 2. The Morgan fingerprint density at radius 3 is 1.83 bits per heavy atom. The summed E-state index contributed by atoms with van der Waals surface area (Å²) in [5.74, 6) is 0. The lowest BCUT2D eigenvalue weighted by Gasteiger charge is -2.28. The second-order valence-electron chi connectivity index (χ2n) is 14.5. The van der Waals surface area contributed by atoms with Gasteiger partial charge in [0, 0.05) is 42.5 Å². The van der Waals surface area contributed by atoms with E-state index in [1.54, 1.807) is 0 Å². The minimum Gasteiger partial charge on any atom is -0.310 e. The number of anilines is 3. The van der Waals surface area contributed by atoms with Crippen molar-refractivity contribution in [2.45, 2.75) is 19.3 Å². The van der Waals surface area contributed by atoms with Gasteiger partial charge < -0.3 is 4.90 Å². The zero-order chi connectivity index (χ0) is 35.5. The van der Waals surface area contributed by atoms with Gasteiger partial charge in [-0.05, 0) is 92.5 Å². The van der Waals surface area contributed by atoms with Crippen LogP contribution in [-0.2, 0) is 5.41 Å². The fourth-order valence-electron chi connectivity index (χ4n) is 8.46. The number of fused-ring (bicyclic) bond motifs is 6. The molecule has 0 amide bonds. The molecule has 1 aliphatic carbocycles. The molecule has 53 heavy (non-hydrogen) atoms. The Balaban J connectivity index is 1.16. The van der Waals surface area contributed by atoms with Crippen LogP contribution in [0.5, 0.6) is 0 Å². The summed E-state index contributed by atoms with van der Waals surface area (Å²) in [6, 6.07) is 69.1. The van der Waals surface area contributed by atoms with Gasteiger partial charge in [-0.15, -0.1) is 11.3 Å². The van der Waals surface area contributed by atoms with Crippen LogP contribution in [0.15, 0.2) is 188 Å². The van der Waals surface area contributed by atoms with Gasteiger partial charge in [-0.2, -0.15) is 0 Å². The van der Waals surface area contributed by atoms with E-state index in [0.717, 1.165) is 17.1 Å². The number of hydrogen-bond donors (Lipinski definition) is 0. The van der Waals surface area contributed by atoms with Crippen LogP contribution in [0.1, 0.15) is 25.0 Å². The summed E-state index contributed by atoms with van der Waals surface area (Å²) in [6.45, 7) is 4.73. The molecule has 0 aliphatic heterocycles. The molecule has 1 aliphatic rings. The first kappa shape index (κ1) is 31.5. The van der Waals surface area contributed by atoms with Crippen LogP contribution in [0, 0.1) is 0 Å². The minimum atomic E-state index is -0.0975. The van der Waals surface area contributed by atoms with Crippen molar-refractivity contribution in [1.82, 2.24) is 0 Å². The van der Waals surface area contributed by atoms with Crippen LogP contribution in [0.4, 0.5) is 17.1 Å². The van der Waals surface area contributed by atoms with Crippen LogP contribution in [0.2, 0.25) is 0 Å². The standard InChI is InChI=1S/C51H37NS/c1-51(2)45-31-26-37(32-44(45)50-41(20-13-21-46(50)51)36-16-7-4-8-17-36)40-18-9-11-22-47(40)52(38-27-24-35(25-28-38)34-14-5-3-6-15-34)39-29-30-43-42-19-10-12-23-48(42)53-49(43)33-39/h3-33H,1-2H3. The third kappa shape index (κ3) is 5.21. The molecule has 252 valence electrons. The van der Waals surface area contributed by atoms with E-state index in [0.29, 0.717) is 0 Å². The molecule has 1 nitrogen and oxygen atoms in total. The molecule has 0 bridgehead atoms. The Morgan fingerprint density at radius 2 is 1.02 bits per heavy atom. The lowest BCUT2D eigenvalue weighted by atomic mass is 9.81. The smallest absolute Gasteiger partial charge is 0.0540 e. The van der Waals surface area contributed by atoms with E-state index in [4.69, 9.17) is 0 Å². The van der Waals surface area contributed by atoms with Gasteiger partial charge in [-0.3, -0.25) is 0 Å². The monoisotopic (exact) mass is 695 g/mol. The maximum Gasteiger partial charge on any atom is 0.0540 e. The molecule has 0 radical (unpaired) electrons. The lowest BCUT2D eigenvalue weighted by Crippen LogP contribution is -2.14. The molecule has 2 heteroatoms. The van der Waals surface area contributed by atoms with E-state index >= 15 is 0 Å². The first-order chi connectivity index (χ1) is 26.0. The number of thiophene rings is 1. The Labute approximate surface area is 315 Å². The van der Waals surface area contributed by atoms with E-state index in [1.807, 2.05) is 11.3 Å². The van der Waals surface area contributed by atoms with Crippen molar-refractivity contribution in [3.05, 3.63) is 199 Å². The highest BCUT2D eigenvalue weighted by Gasteiger charge is 2.37. The number of nitrogens with zero attached hydrogens (tertiary/aromatic N) is 1. The molecule has 1 heterocycles. The molecule has 0 saturated heterocycles. The lowest BCUT2D eigenvalue weighted by molar-refractivity contribution is 0.660. The largest absolute Gasteiger partial charge is 0.310 e. The number of rotatable bonds is 6. The Morgan fingerprint density at radius 1 is 0.396 bits per heavy atom. The fourth-order valence-corrected chi connectivity index (χ4v) is 9.60. The highest BCUT2D eigenvalue weighted by Crippen LogP contribution is 2.53. The summed E-state index contributed by atoms with van der Waals surface area (Å²) in [6.07, 6.45) is 0. The van der Waals surface area contributed by atoms with Crippen LogP contribution in [-0.4, -0.2) is 0 Å². The third-order valence-corrected chi connectivity index (χ3v) is 12.2. The van der Waals surface area contributed by atoms with E-state index in [1.165, 1.54) is 75.8 Å². The van der Waals surface area contributed by atoms with Crippen molar-refractivity contribution in [3.63, 3.8) is 0 Å². The van der Waals surface area contributed by atoms with Crippen LogP contribution in [0.25, 0.3) is 64.7 Å². The zero-order valence-electron chi connectivity index (χ0n) is 29.8. The van der Waals surface area contributed by atoms with E-state index in [-0.39, 0.29) is 5.41 Å². The second-order valence-corrected chi connectivity index (χ2v) is 15.6. The van der Waals surface area contributed by atoms with Crippen LogP contribution in [0.3, 0.4) is 0 Å². The molecule has 1 aromatic heterocycles. The molecular weight excluding hydrogens is 659 g/mol. The topological polar surface area (TPSA) is 3.24 Å². The fraction of sp³-hybridized carbons (Fsp3) is 0.0588. The highest BCUT2D eigenvalue weighted by molar-refractivity contribution is 7.25. The predicted molar refractivity (Wildman–Crippen MR) is 228 cm³/mol. The van der Waals surface area contributed by atoms with Gasteiger partial charge in [0.2, 0.25) is 0 Å². The number of benzene rings is 8. The maximum absolute atomic E-state index is 2.44. The van der Waals surface area contributed by atoms with Crippen LogP contribution < -0.4 is 4.90 Å². The molecule has 9 aromatic rings. The van der Waals surface area contributed by atoms with Gasteiger partial charge in [0.1, 0.15) is 0 Å². The SMILES string of the molecule is CC1(C)c2ccc(-c3ccccc3N(c3ccc(-c4ccccc4)cc3)c3ccc4c(c3)sc3ccccc34)cc2-c2c(-c3ccccc3)cccc21. The molecule has 0 saturated carbocycles. The summed E-state index contributed by atoms with van der Waals surface area (Å²) in [5, 5.41) is 2.62. The Hall–Kier alpha value is -6.22. The summed E-state index contributed by atoms with van der Waals surface area (Å²) in [5.41, 5.74) is 16.1. The second kappa shape index (κ2) is 12.5. The molecule has 0 atom stereocenters. The van der Waals surface area contributed by atoms with Crippen molar-refractivity contribution >= 4 is 48.6 Å². The van der Waals surface area contributed by atoms with Gasteiger partial charge >= 0.3 is 0 Å². The summed E-state index contributed by atoms with van der Waals surface area (Å²) in [4.78, 5) is 2.44. The number of para-hydroxylation sites is 1. The van der Waals surface area contributed by atoms with Gasteiger partial charge in [0.15, 0.2) is 0 Å². The molecule has 10 rings (SSSR count). The molecule has 0 N–H and O–H groups in total. The molecule has 0 spiro atoms. The van der Waals surface area contributed by atoms with Gasteiger partial charge in [-0.1, -0.05) is 159 Å².